The molecule has 6 heteroatoms. The van der Waals surface area contributed by atoms with Crippen LogP contribution in [0.1, 0.15) is 25.1 Å². The third kappa shape index (κ3) is 3.49. The normalized spacial score (nSPS) is 21.9. The number of aryl methyl sites for hydroxylation is 1. The van der Waals surface area contributed by atoms with E-state index in [-0.39, 0.29) is 12.7 Å². The largest absolute Gasteiger partial charge is 0.394 e. The van der Waals surface area contributed by atoms with E-state index in [1.807, 2.05) is 0 Å². The fraction of sp³-hybridized carbons (Fsp3) is 0.818. The highest BCUT2D eigenvalue weighted by Crippen LogP contribution is 2.09. The first-order chi connectivity index (χ1) is 8.31. The molecule has 1 unspecified atom stereocenters. The van der Waals surface area contributed by atoms with Gasteiger partial charge >= 0.3 is 0 Å². The van der Waals surface area contributed by atoms with Crippen molar-refractivity contribution in [2.24, 2.45) is 0 Å². The SMILES string of the molecule is CCCc1nc(CN2CCOC(CO)C2)no1. The van der Waals surface area contributed by atoms with Gasteiger partial charge in [-0.05, 0) is 6.42 Å². The van der Waals surface area contributed by atoms with Gasteiger partial charge in [-0.25, -0.2) is 0 Å². The molecule has 0 saturated carbocycles. The van der Waals surface area contributed by atoms with Crippen molar-refractivity contribution in [3.05, 3.63) is 11.7 Å². The van der Waals surface area contributed by atoms with Gasteiger partial charge in [-0.1, -0.05) is 12.1 Å². The summed E-state index contributed by atoms with van der Waals surface area (Å²) in [5, 5.41) is 13.0. The van der Waals surface area contributed by atoms with Crippen LogP contribution in [0.3, 0.4) is 0 Å². The molecule has 17 heavy (non-hydrogen) atoms. The summed E-state index contributed by atoms with van der Waals surface area (Å²) in [4.78, 5) is 6.49. The number of hydrogen-bond donors (Lipinski definition) is 1. The maximum Gasteiger partial charge on any atom is 0.226 e. The lowest BCUT2D eigenvalue weighted by Gasteiger charge is -2.30. The Kier molecular flexibility index (Phi) is 4.47. The zero-order chi connectivity index (χ0) is 12.1. The highest BCUT2D eigenvalue weighted by molar-refractivity contribution is 4.87. The van der Waals surface area contributed by atoms with E-state index in [1.54, 1.807) is 0 Å². The van der Waals surface area contributed by atoms with Crippen LogP contribution in [0.15, 0.2) is 4.52 Å². The average molecular weight is 241 g/mol. The van der Waals surface area contributed by atoms with Crippen LogP contribution < -0.4 is 0 Å². The van der Waals surface area contributed by atoms with E-state index in [1.165, 1.54) is 0 Å². The molecule has 1 fully saturated rings. The van der Waals surface area contributed by atoms with Crippen LogP contribution in [0.2, 0.25) is 0 Å². The molecule has 0 spiro atoms. The molecule has 6 nitrogen and oxygen atoms in total. The number of rotatable bonds is 5. The zero-order valence-corrected chi connectivity index (χ0v) is 10.1. The number of nitrogens with zero attached hydrogens (tertiary/aromatic N) is 3. The molecular weight excluding hydrogens is 222 g/mol. The molecule has 0 aromatic carbocycles. The smallest absolute Gasteiger partial charge is 0.226 e. The molecule has 2 heterocycles. The van der Waals surface area contributed by atoms with E-state index >= 15 is 0 Å². The molecule has 96 valence electrons. The predicted molar refractivity (Wildman–Crippen MR) is 60.4 cm³/mol. The van der Waals surface area contributed by atoms with Crippen LogP contribution in [-0.2, 0) is 17.7 Å². The fourth-order valence-corrected chi connectivity index (χ4v) is 1.90. The summed E-state index contributed by atoms with van der Waals surface area (Å²) >= 11 is 0. The topological polar surface area (TPSA) is 71.6 Å². The monoisotopic (exact) mass is 241 g/mol. The number of hydrogen-bond acceptors (Lipinski definition) is 6. The van der Waals surface area contributed by atoms with Crippen LogP contribution in [0.5, 0.6) is 0 Å². The van der Waals surface area contributed by atoms with Crippen molar-refractivity contribution in [3.63, 3.8) is 0 Å². The highest BCUT2D eigenvalue weighted by Gasteiger charge is 2.21. The van der Waals surface area contributed by atoms with Gasteiger partial charge in [0, 0.05) is 19.5 Å². The van der Waals surface area contributed by atoms with Gasteiger partial charge in [0.1, 0.15) is 0 Å². The summed E-state index contributed by atoms with van der Waals surface area (Å²) < 4.78 is 10.5. The van der Waals surface area contributed by atoms with Gasteiger partial charge in [-0.3, -0.25) is 4.90 Å². The standard InChI is InChI=1S/C11H19N3O3/c1-2-3-11-12-10(13-17-11)7-14-4-5-16-9(6-14)8-15/h9,15H,2-8H2,1H3. The summed E-state index contributed by atoms with van der Waals surface area (Å²) in [6.07, 6.45) is 1.74. The Bertz CT molecular complexity index is 342. The van der Waals surface area contributed by atoms with E-state index < -0.39 is 0 Å². The van der Waals surface area contributed by atoms with Crippen LogP contribution in [0.25, 0.3) is 0 Å². The Morgan fingerprint density at radius 3 is 3.18 bits per heavy atom. The van der Waals surface area contributed by atoms with E-state index in [9.17, 15) is 0 Å². The first-order valence-electron chi connectivity index (χ1n) is 6.08. The number of ether oxygens (including phenoxy) is 1. The molecule has 1 N–H and O–H groups in total. The third-order valence-electron chi connectivity index (χ3n) is 2.77. The first kappa shape index (κ1) is 12.5. The van der Waals surface area contributed by atoms with Crippen LogP contribution in [0, 0.1) is 0 Å². The molecule has 1 saturated heterocycles. The van der Waals surface area contributed by atoms with Crippen molar-refractivity contribution < 1.29 is 14.4 Å². The third-order valence-corrected chi connectivity index (χ3v) is 2.77. The minimum atomic E-state index is -0.0919. The number of morpholine rings is 1. The summed E-state index contributed by atoms with van der Waals surface area (Å²) in [7, 11) is 0. The Morgan fingerprint density at radius 2 is 2.41 bits per heavy atom. The Morgan fingerprint density at radius 1 is 1.53 bits per heavy atom. The maximum absolute atomic E-state index is 9.05. The van der Waals surface area contributed by atoms with E-state index in [0.29, 0.717) is 31.4 Å². The number of aliphatic hydroxyl groups is 1. The first-order valence-corrected chi connectivity index (χ1v) is 6.08. The molecule has 1 aromatic rings. The van der Waals surface area contributed by atoms with E-state index in [4.69, 9.17) is 14.4 Å². The van der Waals surface area contributed by atoms with Crippen LogP contribution >= 0.6 is 0 Å². The van der Waals surface area contributed by atoms with E-state index in [0.717, 1.165) is 19.4 Å². The highest BCUT2D eigenvalue weighted by atomic mass is 16.5. The molecule has 0 bridgehead atoms. The predicted octanol–water partition coefficient (Wildman–Crippen LogP) is 0.215. The van der Waals surface area contributed by atoms with E-state index in [2.05, 4.69) is 22.0 Å². The van der Waals surface area contributed by atoms with Gasteiger partial charge < -0.3 is 14.4 Å². The van der Waals surface area contributed by atoms with Crippen molar-refractivity contribution in [3.8, 4) is 0 Å². The second-order valence-corrected chi connectivity index (χ2v) is 4.26. The second kappa shape index (κ2) is 6.09. The molecule has 0 aliphatic carbocycles. The second-order valence-electron chi connectivity index (χ2n) is 4.26. The lowest BCUT2D eigenvalue weighted by Crippen LogP contribution is -2.43. The molecule has 1 aliphatic rings. The van der Waals surface area contributed by atoms with Crippen molar-refractivity contribution in [1.82, 2.24) is 15.0 Å². The minimum Gasteiger partial charge on any atom is -0.394 e. The molecule has 1 atom stereocenters. The molecule has 0 amide bonds. The Hall–Kier alpha value is -0.980. The van der Waals surface area contributed by atoms with Gasteiger partial charge in [0.2, 0.25) is 5.89 Å². The lowest BCUT2D eigenvalue weighted by molar-refractivity contribution is -0.0558. The molecule has 2 rings (SSSR count). The number of aliphatic hydroxyl groups excluding tert-OH is 1. The molecular formula is C11H19N3O3. The van der Waals surface area contributed by atoms with Crippen molar-refractivity contribution >= 4 is 0 Å². The van der Waals surface area contributed by atoms with Gasteiger partial charge in [0.15, 0.2) is 5.82 Å². The van der Waals surface area contributed by atoms with Gasteiger partial charge in [-0.15, -0.1) is 0 Å². The maximum atomic E-state index is 9.05. The number of aromatic nitrogens is 2. The summed E-state index contributed by atoms with van der Waals surface area (Å²) in [5.41, 5.74) is 0. The lowest BCUT2D eigenvalue weighted by atomic mass is 10.3. The quantitative estimate of drug-likeness (QED) is 0.795. The summed E-state index contributed by atoms with van der Waals surface area (Å²) in [5.74, 6) is 1.42. The fourth-order valence-electron chi connectivity index (χ4n) is 1.90. The van der Waals surface area contributed by atoms with Crippen molar-refractivity contribution in [1.29, 1.82) is 0 Å². The average Bonchev–Trinajstić information content (AvgIpc) is 2.77. The van der Waals surface area contributed by atoms with Crippen LogP contribution in [-0.4, -0.2) is 52.6 Å². The molecule has 1 aliphatic heterocycles. The molecule has 1 aromatic heterocycles. The Labute approximate surface area is 101 Å². The minimum absolute atomic E-state index is 0.0594. The Balaban J connectivity index is 1.86. The van der Waals surface area contributed by atoms with Crippen LogP contribution in [0.4, 0.5) is 0 Å². The zero-order valence-electron chi connectivity index (χ0n) is 10.1. The van der Waals surface area contributed by atoms with Gasteiger partial charge in [0.05, 0.1) is 25.9 Å². The molecule has 0 radical (unpaired) electrons. The van der Waals surface area contributed by atoms with Crippen molar-refractivity contribution in [2.45, 2.75) is 32.4 Å². The van der Waals surface area contributed by atoms with Gasteiger partial charge in [0.25, 0.3) is 0 Å². The van der Waals surface area contributed by atoms with Crippen molar-refractivity contribution in [2.75, 3.05) is 26.3 Å². The summed E-state index contributed by atoms with van der Waals surface area (Å²) in [6.45, 7) is 5.00. The van der Waals surface area contributed by atoms with Gasteiger partial charge in [-0.2, -0.15) is 4.98 Å². The summed E-state index contributed by atoms with van der Waals surface area (Å²) in [6, 6.07) is 0.